The summed E-state index contributed by atoms with van der Waals surface area (Å²) in [7, 11) is -3.05. The summed E-state index contributed by atoms with van der Waals surface area (Å²) in [6, 6.07) is -0.372. The molecule has 0 spiro atoms. The lowest BCUT2D eigenvalue weighted by Crippen LogP contribution is -2.41. The van der Waals surface area contributed by atoms with Gasteiger partial charge in [0.05, 0.1) is 22.9 Å². The van der Waals surface area contributed by atoms with E-state index < -0.39 is 15.2 Å². The number of nitrogens with one attached hydrogen (secondary N) is 1. The average Bonchev–Trinajstić information content (AvgIpc) is 2.36. The highest BCUT2D eigenvalue weighted by Gasteiger charge is 2.36. The van der Waals surface area contributed by atoms with E-state index in [0.717, 1.165) is 0 Å². The lowest BCUT2D eigenvalue weighted by atomic mass is 10.3. The first-order chi connectivity index (χ1) is 7.30. The molecule has 0 aromatic carbocycles. The number of thiocarbonyl (C=S) groups is 1. The van der Waals surface area contributed by atoms with E-state index in [0.29, 0.717) is 6.61 Å². The van der Waals surface area contributed by atoms with Crippen LogP contribution in [0.25, 0.3) is 0 Å². The van der Waals surface area contributed by atoms with Gasteiger partial charge in [-0.25, -0.2) is 8.42 Å². The summed E-state index contributed by atoms with van der Waals surface area (Å²) in [5.74, 6) is -0.0227. The van der Waals surface area contributed by atoms with Gasteiger partial charge in [-0.05, 0) is 12.2 Å². The summed E-state index contributed by atoms with van der Waals surface area (Å²) in [6.07, 6.45) is 0. The molecule has 1 aliphatic heterocycles. The van der Waals surface area contributed by atoms with E-state index in [-0.39, 0.29) is 26.5 Å². The first-order valence-corrected chi connectivity index (χ1v) is 8.86. The molecule has 0 unspecified atom stereocenters. The number of hydrogen-bond acceptors (Lipinski definition) is 4. The predicted molar refractivity (Wildman–Crippen MR) is 75.4 cm³/mol. The Morgan fingerprint density at radius 3 is 2.62 bits per heavy atom. The number of sulfone groups is 1. The summed E-state index contributed by atoms with van der Waals surface area (Å²) in [5.41, 5.74) is 0. The maximum Gasteiger partial charge on any atom is 0.256 e. The van der Waals surface area contributed by atoms with Gasteiger partial charge in [-0.15, -0.1) is 11.6 Å². The molecule has 1 saturated heterocycles. The SMILES string of the molecule is O=S1(=O)C[C@H](NC(=S)OCC(Br)Br)[C@@H](Cl)C1. The fraction of sp³-hybridized carbons (Fsp3) is 0.857. The van der Waals surface area contributed by atoms with Gasteiger partial charge in [0.15, 0.2) is 9.84 Å². The van der Waals surface area contributed by atoms with Crippen molar-refractivity contribution < 1.29 is 13.2 Å². The highest BCUT2D eigenvalue weighted by molar-refractivity contribution is 9.24. The Labute approximate surface area is 122 Å². The van der Waals surface area contributed by atoms with Crippen LogP contribution in [-0.4, -0.2) is 46.9 Å². The standard InChI is InChI=1S/C7H10Br2ClNO3S2/c8-6(9)1-14-7(15)11-5-3-16(12,13)2-4(5)10/h4-6H,1-3H2,(H,11,15)/t4-,5-/m0/s1. The topological polar surface area (TPSA) is 55.4 Å². The molecule has 9 heteroatoms. The van der Waals surface area contributed by atoms with E-state index in [1.54, 1.807) is 0 Å². The van der Waals surface area contributed by atoms with Crippen molar-refractivity contribution in [2.75, 3.05) is 18.1 Å². The lowest BCUT2D eigenvalue weighted by Gasteiger charge is -2.16. The van der Waals surface area contributed by atoms with Gasteiger partial charge in [0.2, 0.25) is 0 Å². The highest BCUT2D eigenvalue weighted by Crippen LogP contribution is 2.18. The molecule has 94 valence electrons. The molecule has 4 nitrogen and oxygen atoms in total. The lowest BCUT2D eigenvalue weighted by molar-refractivity contribution is 0.315. The molecule has 1 heterocycles. The first-order valence-electron chi connectivity index (χ1n) is 4.36. The average molecular weight is 416 g/mol. The molecule has 0 bridgehead atoms. The van der Waals surface area contributed by atoms with Crippen LogP contribution < -0.4 is 5.32 Å². The van der Waals surface area contributed by atoms with Crippen LogP contribution in [0.4, 0.5) is 0 Å². The van der Waals surface area contributed by atoms with Crippen molar-refractivity contribution in [2.24, 2.45) is 0 Å². The largest absolute Gasteiger partial charge is 0.469 e. The Morgan fingerprint density at radius 1 is 1.56 bits per heavy atom. The molecule has 16 heavy (non-hydrogen) atoms. The molecule has 0 radical (unpaired) electrons. The van der Waals surface area contributed by atoms with Crippen molar-refractivity contribution in [3.63, 3.8) is 0 Å². The second-order valence-corrected chi connectivity index (χ2v) is 9.86. The second-order valence-electron chi connectivity index (χ2n) is 3.33. The molecule has 1 N–H and O–H groups in total. The van der Waals surface area contributed by atoms with E-state index in [9.17, 15) is 8.42 Å². The fourth-order valence-corrected chi connectivity index (χ4v) is 4.30. The molecule has 0 saturated carbocycles. The monoisotopic (exact) mass is 413 g/mol. The van der Waals surface area contributed by atoms with E-state index >= 15 is 0 Å². The molecular weight excluding hydrogens is 405 g/mol. The van der Waals surface area contributed by atoms with E-state index in [2.05, 4.69) is 37.2 Å². The van der Waals surface area contributed by atoms with Gasteiger partial charge >= 0.3 is 0 Å². The van der Waals surface area contributed by atoms with Crippen LogP contribution in [0.15, 0.2) is 0 Å². The van der Waals surface area contributed by atoms with Crippen molar-refractivity contribution in [1.82, 2.24) is 5.32 Å². The maximum absolute atomic E-state index is 11.3. The third-order valence-corrected chi connectivity index (χ3v) is 5.07. The Hall–Kier alpha value is 0.890. The smallest absolute Gasteiger partial charge is 0.256 e. The van der Waals surface area contributed by atoms with E-state index in [1.807, 2.05) is 0 Å². The van der Waals surface area contributed by atoms with Gasteiger partial charge < -0.3 is 10.1 Å². The zero-order valence-electron chi connectivity index (χ0n) is 8.03. The maximum atomic E-state index is 11.3. The summed E-state index contributed by atoms with van der Waals surface area (Å²) >= 11 is 17.3. The molecule has 1 aliphatic rings. The van der Waals surface area contributed by atoms with Gasteiger partial charge in [0.1, 0.15) is 10.3 Å². The van der Waals surface area contributed by atoms with E-state index in [1.165, 1.54) is 0 Å². The van der Waals surface area contributed by atoms with Crippen LogP contribution in [0.3, 0.4) is 0 Å². The van der Waals surface area contributed by atoms with Crippen molar-refractivity contribution >= 4 is 70.7 Å². The van der Waals surface area contributed by atoms with Crippen molar-refractivity contribution in [3.8, 4) is 0 Å². The third kappa shape index (κ3) is 5.03. The number of alkyl halides is 3. The summed E-state index contributed by atoms with van der Waals surface area (Å²) in [6.45, 7) is 0.345. The molecule has 0 aliphatic carbocycles. The Kier molecular flexibility index (Phi) is 5.77. The minimum absolute atomic E-state index is 0.00106. The minimum Gasteiger partial charge on any atom is -0.469 e. The zero-order valence-corrected chi connectivity index (χ0v) is 13.6. The molecular formula is C7H10Br2ClNO3S2. The molecule has 2 atom stereocenters. The molecule has 0 aromatic heterocycles. The summed E-state index contributed by atoms with van der Waals surface area (Å²) in [4.78, 5) is 0. The van der Waals surface area contributed by atoms with Gasteiger partial charge in [-0.1, -0.05) is 31.9 Å². The van der Waals surface area contributed by atoms with Gasteiger partial charge in [0, 0.05) is 0 Å². The minimum atomic E-state index is -3.05. The summed E-state index contributed by atoms with van der Waals surface area (Å²) in [5, 5.41) is 2.50. The number of hydrogen-bond donors (Lipinski definition) is 1. The van der Waals surface area contributed by atoms with Crippen LogP contribution >= 0.6 is 55.7 Å². The Bertz CT molecular complexity index is 363. The Balaban J connectivity index is 2.40. The number of halogens is 3. The molecule has 1 rings (SSSR count). The number of rotatable bonds is 3. The summed E-state index contributed by atoms with van der Waals surface area (Å²) < 4.78 is 27.7. The highest BCUT2D eigenvalue weighted by atomic mass is 79.9. The Morgan fingerprint density at radius 2 is 2.19 bits per heavy atom. The first kappa shape index (κ1) is 14.9. The van der Waals surface area contributed by atoms with Crippen molar-refractivity contribution in [3.05, 3.63) is 0 Å². The quantitative estimate of drug-likeness (QED) is 0.558. The molecule has 0 aromatic rings. The van der Waals surface area contributed by atoms with Gasteiger partial charge in [-0.2, -0.15) is 0 Å². The third-order valence-electron chi connectivity index (χ3n) is 1.93. The van der Waals surface area contributed by atoms with Crippen molar-refractivity contribution in [2.45, 2.75) is 15.2 Å². The zero-order chi connectivity index (χ0) is 12.3. The number of ether oxygens (including phenoxy) is 1. The molecule has 0 amide bonds. The molecule has 1 fully saturated rings. The second kappa shape index (κ2) is 6.17. The van der Waals surface area contributed by atoms with E-state index in [4.69, 9.17) is 28.6 Å². The predicted octanol–water partition coefficient (Wildman–Crippen LogP) is 1.40. The fourth-order valence-electron chi connectivity index (χ4n) is 1.27. The van der Waals surface area contributed by atoms with Crippen molar-refractivity contribution in [1.29, 1.82) is 0 Å². The van der Waals surface area contributed by atoms with Crippen LogP contribution in [-0.2, 0) is 14.6 Å². The van der Waals surface area contributed by atoms with Gasteiger partial charge in [0.25, 0.3) is 5.17 Å². The van der Waals surface area contributed by atoms with Crippen LogP contribution in [0.1, 0.15) is 0 Å². The van der Waals surface area contributed by atoms with Crippen LogP contribution in [0.2, 0.25) is 0 Å². The van der Waals surface area contributed by atoms with Gasteiger partial charge in [-0.3, -0.25) is 0 Å². The normalized spacial score (nSPS) is 28.0. The van der Waals surface area contributed by atoms with Crippen LogP contribution in [0.5, 0.6) is 0 Å². The van der Waals surface area contributed by atoms with Crippen LogP contribution in [0, 0.1) is 0 Å².